The van der Waals surface area contributed by atoms with Gasteiger partial charge < -0.3 is 10.5 Å². The van der Waals surface area contributed by atoms with E-state index in [-0.39, 0.29) is 17.2 Å². The maximum atomic E-state index is 13.9. The molecule has 0 spiro atoms. The van der Waals surface area contributed by atoms with Crippen molar-refractivity contribution in [3.8, 4) is 6.07 Å². The number of ketones is 1. The normalized spacial score (nSPS) is 20.8. The highest BCUT2D eigenvalue weighted by atomic mass is 16.5. The van der Waals surface area contributed by atoms with E-state index >= 15 is 0 Å². The van der Waals surface area contributed by atoms with Crippen LogP contribution in [0.1, 0.15) is 33.0 Å². The first-order chi connectivity index (χ1) is 14.1. The molecule has 0 radical (unpaired) electrons. The molecule has 0 aliphatic carbocycles. The molecule has 4 heteroatoms. The third-order valence-electron chi connectivity index (χ3n) is 5.30. The molecule has 0 amide bonds. The Kier molecular flexibility index (Phi) is 4.66. The summed E-state index contributed by atoms with van der Waals surface area (Å²) < 4.78 is 6.15. The minimum absolute atomic E-state index is 0.00728. The zero-order valence-corrected chi connectivity index (χ0v) is 16.0. The molecular formula is C25H20N2O2. The van der Waals surface area contributed by atoms with E-state index in [0.717, 1.165) is 11.1 Å². The average Bonchev–Trinajstić information content (AvgIpc) is 3.07. The number of carbonyl (C=O) groups excluding carboxylic acids is 1. The highest BCUT2D eigenvalue weighted by Gasteiger charge is 2.57. The number of benzene rings is 3. The molecule has 142 valence electrons. The summed E-state index contributed by atoms with van der Waals surface area (Å²) in [6.07, 6.45) is 0. The summed E-state index contributed by atoms with van der Waals surface area (Å²) in [4.78, 5) is 13.9. The molecule has 0 fully saturated rings. The number of ether oxygens (including phenoxy) is 1. The zero-order chi connectivity index (χ0) is 20.4. The molecule has 1 aliphatic heterocycles. The van der Waals surface area contributed by atoms with E-state index in [1.807, 2.05) is 79.7 Å². The molecule has 3 aromatic carbocycles. The molecule has 0 unspecified atom stereocenters. The maximum Gasteiger partial charge on any atom is 0.212 e. The van der Waals surface area contributed by atoms with Crippen LogP contribution in [0.15, 0.2) is 96.4 Å². The van der Waals surface area contributed by atoms with E-state index < -0.39 is 11.5 Å². The summed E-state index contributed by atoms with van der Waals surface area (Å²) in [6, 6.07) is 28.2. The third-order valence-corrected chi connectivity index (χ3v) is 5.30. The van der Waals surface area contributed by atoms with Gasteiger partial charge in [0.05, 0.1) is 5.92 Å². The van der Waals surface area contributed by atoms with Crippen LogP contribution in [0.5, 0.6) is 0 Å². The topological polar surface area (TPSA) is 76.1 Å². The lowest BCUT2D eigenvalue weighted by atomic mass is 9.71. The predicted molar refractivity (Wildman–Crippen MR) is 111 cm³/mol. The van der Waals surface area contributed by atoms with Crippen molar-refractivity contribution in [2.45, 2.75) is 18.4 Å². The van der Waals surface area contributed by atoms with Crippen LogP contribution in [0.3, 0.4) is 0 Å². The number of aryl methyl sites for hydroxylation is 1. The summed E-state index contributed by atoms with van der Waals surface area (Å²) in [5.74, 6) is -0.890. The van der Waals surface area contributed by atoms with Gasteiger partial charge >= 0.3 is 0 Å². The van der Waals surface area contributed by atoms with Gasteiger partial charge in [-0.15, -0.1) is 0 Å². The number of rotatable bonds is 4. The van der Waals surface area contributed by atoms with E-state index in [2.05, 4.69) is 6.07 Å². The van der Waals surface area contributed by atoms with Gasteiger partial charge in [0.1, 0.15) is 11.6 Å². The van der Waals surface area contributed by atoms with Crippen LogP contribution < -0.4 is 5.73 Å². The Labute approximate surface area is 169 Å². The predicted octanol–water partition coefficient (Wildman–Crippen LogP) is 4.58. The molecular weight excluding hydrogens is 360 g/mol. The maximum absolute atomic E-state index is 13.9. The molecule has 0 saturated carbocycles. The smallest absolute Gasteiger partial charge is 0.212 e. The highest BCUT2D eigenvalue weighted by Crippen LogP contribution is 2.52. The second kappa shape index (κ2) is 7.29. The summed E-state index contributed by atoms with van der Waals surface area (Å²) >= 11 is 0. The Morgan fingerprint density at radius 2 is 1.66 bits per heavy atom. The third kappa shape index (κ3) is 2.97. The number of nitrogens with zero attached hydrogens (tertiary/aromatic N) is 1. The Morgan fingerprint density at radius 1 is 1.00 bits per heavy atom. The first kappa shape index (κ1) is 18.5. The fraction of sp³-hybridized carbons (Fsp3) is 0.120. The molecule has 1 aliphatic rings. The summed E-state index contributed by atoms with van der Waals surface area (Å²) in [5, 5.41) is 9.89. The van der Waals surface area contributed by atoms with Gasteiger partial charge in [-0.3, -0.25) is 4.79 Å². The van der Waals surface area contributed by atoms with E-state index in [9.17, 15) is 10.1 Å². The van der Waals surface area contributed by atoms with Crippen molar-refractivity contribution in [3.63, 3.8) is 0 Å². The van der Waals surface area contributed by atoms with E-state index in [1.54, 1.807) is 12.1 Å². The fourth-order valence-electron chi connectivity index (χ4n) is 4.03. The van der Waals surface area contributed by atoms with Crippen molar-refractivity contribution in [3.05, 3.63) is 119 Å². The highest BCUT2D eigenvalue weighted by molar-refractivity contribution is 6.04. The second-order valence-electron chi connectivity index (χ2n) is 7.14. The van der Waals surface area contributed by atoms with Crippen molar-refractivity contribution < 1.29 is 9.53 Å². The molecule has 4 rings (SSSR count). The number of hydrogen-bond acceptors (Lipinski definition) is 4. The SMILES string of the molecule is Cc1cccc([C@@H]2C(C#N)=C(N)O[C@@]2(C(=O)c2ccccc2)c2ccccc2)c1. The minimum atomic E-state index is -1.45. The van der Waals surface area contributed by atoms with Crippen LogP contribution in [-0.2, 0) is 10.3 Å². The summed E-state index contributed by atoms with van der Waals surface area (Å²) in [6.45, 7) is 1.97. The lowest BCUT2D eigenvalue weighted by Crippen LogP contribution is -2.41. The summed E-state index contributed by atoms with van der Waals surface area (Å²) in [5.41, 5.74) is 7.99. The van der Waals surface area contributed by atoms with Gasteiger partial charge in [0, 0.05) is 11.1 Å². The van der Waals surface area contributed by atoms with Crippen molar-refractivity contribution in [1.29, 1.82) is 5.26 Å². The van der Waals surface area contributed by atoms with Crippen LogP contribution in [0.25, 0.3) is 0 Å². The van der Waals surface area contributed by atoms with Crippen LogP contribution >= 0.6 is 0 Å². The molecule has 2 atom stereocenters. The molecule has 4 nitrogen and oxygen atoms in total. The van der Waals surface area contributed by atoms with Gasteiger partial charge in [-0.25, -0.2) is 0 Å². The van der Waals surface area contributed by atoms with Crippen LogP contribution in [0.2, 0.25) is 0 Å². The van der Waals surface area contributed by atoms with E-state index in [4.69, 9.17) is 10.5 Å². The standard InChI is InChI=1S/C25H20N2O2/c1-17-9-8-12-19(15-17)22-21(16-26)24(27)29-25(22,20-13-6-3-7-14-20)23(28)18-10-4-2-5-11-18/h2-15,22H,27H2,1H3/t22-,25+/m1/s1. The Bertz CT molecular complexity index is 1130. The van der Waals surface area contributed by atoms with Gasteiger partial charge in [0.15, 0.2) is 0 Å². The fourth-order valence-corrected chi connectivity index (χ4v) is 4.03. The van der Waals surface area contributed by atoms with Gasteiger partial charge in [0.2, 0.25) is 17.3 Å². The first-order valence-electron chi connectivity index (χ1n) is 9.38. The molecule has 0 saturated heterocycles. The minimum Gasteiger partial charge on any atom is -0.458 e. The van der Waals surface area contributed by atoms with Crippen molar-refractivity contribution >= 4 is 5.78 Å². The largest absolute Gasteiger partial charge is 0.458 e. The van der Waals surface area contributed by atoms with E-state index in [1.165, 1.54) is 0 Å². The second-order valence-corrected chi connectivity index (χ2v) is 7.14. The molecule has 1 heterocycles. The van der Waals surface area contributed by atoms with Crippen LogP contribution in [-0.4, -0.2) is 5.78 Å². The number of Topliss-reactive ketones (excluding diaryl/α,β-unsaturated/α-hetero) is 1. The monoisotopic (exact) mass is 380 g/mol. The number of nitriles is 1. The molecule has 29 heavy (non-hydrogen) atoms. The Morgan fingerprint density at radius 3 is 2.28 bits per heavy atom. The van der Waals surface area contributed by atoms with Crippen LogP contribution in [0, 0.1) is 18.3 Å². The Balaban J connectivity index is 2.02. The number of nitrogens with two attached hydrogens (primary N) is 1. The first-order valence-corrected chi connectivity index (χ1v) is 9.38. The quantitative estimate of drug-likeness (QED) is 0.672. The van der Waals surface area contributed by atoms with Crippen molar-refractivity contribution in [1.82, 2.24) is 0 Å². The number of hydrogen-bond donors (Lipinski definition) is 1. The van der Waals surface area contributed by atoms with Gasteiger partial charge in [-0.1, -0.05) is 90.5 Å². The number of carbonyl (C=O) groups is 1. The van der Waals surface area contributed by atoms with Gasteiger partial charge in [-0.05, 0) is 12.5 Å². The molecule has 3 aromatic rings. The van der Waals surface area contributed by atoms with Crippen molar-refractivity contribution in [2.24, 2.45) is 5.73 Å². The van der Waals surface area contributed by atoms with Crippen LogP contribution in [0.4, 0.5) is 0 Å². The Hall–Kier alpha value is -3.84. The average molecular weight is 380 g/mol. The lowest BCUT2D eigenvalue weighted by Gasteiger charge is -2.34. The molecule has 2 N–H and O–H groups in total. The van der Waals surface area contributed by atoms with Gasteiger partial charge in [0.25, 0.3) is 0 Å². The summed E-state index contributed by atoms with van der Waals surface area (Å²) in [7, 11) is 0. The van der Waals surface area contributed by atoms with Gasteiger partial charge in [-0.2, -0.15) is 5.26 Å². The van der Waals surface area contributed by atoms with Crippen molar-refractivity contribution in [2.75, 3.05) is 0 Å². The molecule has 0 bridgehead atoms. The van der Waals surface area contributed by atoms with E-state index in [0.29, 0.717) is 11.1 Å². The molecule has 0 aromatic heterocycles. The lowest BCUT2D eigenvalue weighted by molar-refractivity contribution is 0.0136. The zero-order valence-electron chi connectivity index (χ0n) is 16.0.